The molecular weight excluding hydrogens is 390 g/mol. The first kappa shape index (κ1) is 20.9. The molecule has 1 amide bonds. The molecule has 0 N–H and O–H groups in total. The summed E-state index contributed by atoms with van der Waals surface area (Å²) in [6, 6.07) is 19.5. The highest BCUT2D eigenvalue weighted by Crippen LogP contribution is 2.31. The molecule has 4 rings (SSSR count). The minimum atomic E-state index is -0.456. The van der Waals surface area contributed by atoms with Gasteiger partial charge < -0.3 is 14.4 Å². The number of carbonyl (C=O) groups excluding carboxylic acids is 2. The van der Waals surface area contributed by atoms with Gasteiger partial charge in [-0.1, -0.05) is 36.4 Å². The van der Waals surface area contributed by atoms with E-state index in [-0.39, 0.29) is 12.5 Å². The van der Waals surface area contributed by atoms with Crippen molar-refractivity contribution < 1.29 is 19.1 Å². The summed E-state index contributed by atoms with van der Waals surface area (Å²) in [5.74, 6) is 0.673. The Labute approximate surface area is 182 Å². The zero-order valence-corrected chi connectivity index (χ0v) is 18.0. The van der Waals surface area contributed by atoms with Crippen molar-refractivity contribution in [1.29, 1.82) is 0 Å². The quantitative estimate of drug-likeness (QED) is 0.546. The molecule has 31 heavy (non-hydrogen) atoms. The first-order chi connectivity index (χ1) is 15.1. The number of amides is 1. The van der Waals surface area contributed by atoms with Crippen LogP contribution >= 0.6 is 0 Å². The van der Waals surface area contributed by atoms with Crippen LogP contribution in [0.5, 0.6) is 5.75 Å². The van der Waals surface area contributed by atoms with Gasteiger partial charge in [0.1, 0.15) is 5.75 Å². The van der Waals surface area contributed by atoms with Crippen LogP contribution < -0.4 is 4.74 Å². The third kappa shape index (κ3) is 4.41. The normalized spacial score (nSPS) is 14.5. The van der Waals surface area contributed by atoms with Crippen molar-refractivity contribution in [1.82, 2.24) is 4.90 Å². The van der Waals surface area contributed by atoms with Crippen LogP contribution in [-0.2, 0) is 4.74 Å². The standard InChI is InChI=1S/C26H27NO4/c1-3-31-26(29)24-17-21-8-5-4-7-20(21)16-23(24)25(28)27-13-11-18(12-14-27)19-9-6-10-22(15-19)30-2/h4-10,15-18H,3,11-14H2,1-2H3. The largest absolute Gasteiger partial charge is 0.497 e. The first-order valence-electron chi connectivity index (χ1n) is 10.7. The molecule has 0 atom stereocenters. The molecular formula is C26H27NO4. The molecule has 5 heteroatoms. The maximum atomic E-state index is 13.4. The number of ether oxygens (including phenoxy) is 2. The number of rotatable bonds is 5. The molecule has 1 saturated heterocycles. The molecule has 3 aromatic carbocycles. The number of likely N-dealkylation sites (tertiary alicyclic amines) is 1. The van der Waals surface area contributed by atoms with E-state index in [0.29, 0.717) is 30.1 Å². The Morgan fingerprint density at radius 2 is 1.61 bits per heavy atom. The number of nitrogens with zero attached hydrogens (tertiary/aromatic N) is 1. The maximum absolute atomic E-state index is 13.4. The Kier molecular flexibility index (Phi) is 6.21. The Bertz CT molecular complexity index is 1100. The maximum Gasteiger partial charge on any atom is 0.338 e. The van der Waals surface area contributed by atoms with Gasteiger partial charge in [-0.05, 0) is 66.3 Å². The predicted octanol–water partition coefficient (Wildman–Crippen LogP) is 5.04. The molecule has 0 aliphatic carbocycles. The van der Waals surface area contributed by atoms with Gasteiger partial charge in [-0.3, -0.25) is 4.79 Å². The highest BCUT2D eigenvalue weighted by Gasteiger charge is 2.28. The van der Waals surface area contributed by atoms with Crippen molar-refractivity contribution in [2.75, 3.05) is 26.8 Å². The Morgan fingerprint density at radius 1 is 0.935 bits per heavy atom. The summed E-state index contributed by atoms with van der Waals surface area (Å²) >= 11 is 0. The van der Waals surface area contributed by atoms with Crippen molar-refractivity contribution in [2.24, 2.45) is 0 Å². The summed E-state index contributed by atoms with van der Waals surface area (Å²) in [6.45, 7) is 3.33. The molecule has 1 fully saturated rings. The number of hydrogen-bond acceptors (Lipinski definition) is 4. The van der Waals surface area contributed by atoms with Gasteiger partial charge >= 0.3 is 5.97 Å². The lowest BCUT2D eigenvalue weighted by molar-refractivity contribution is 0.0517. The third-order valence-corrected chi connectivity index (χ3v) is 5.96. The molecule has 0 saturated carbocycles. The first-order valence-corrected chi connectivity index (χ1v) is 10.7. The predicted molar refractivity (Wildman–Crippen MR) is 121 cm³/mol. The number of piperidine rings is 1. The molecule has 0 spiro atoms. The van der Waals surface area contributed by atoms with Crippen LogP contribution in [0.3, 0.4) is 0 Å². The van der Waals surface area contributed by atoms with Crippen molar-refractivity contribution in [3.63, 3.8) is 0 Å². The summed E-state index contributed by atoms with van der Waals surface area (Å²) in [6.07, 6.45) is 1.75. The van der Waals surface area contributed by atoms with Crippen LogP contribution in [0.4, 0.5) is 0 Å². The smallest absolute Gasteiger partial charge is 0.338 e. The van der Waals surface area contributed by atoms with Gasteiger partial charge in [0.25, 0.3) is 5.91 Å². The Balaban J connectivity index is 1.56. The number of benzene rings is 3. The van der Waals surface area contributed by atoms with Crippen LogP contribution in [0.25, 0.3) is 10.8 Å². The van der Waals surface area contributed by atoms with Crippen molar-refractivity contribution >= 4 is 22.6 Å². The van der Waals surface area contributed by atoms with Crippen molar-refractivity contribution in [3.8, 4) is 5.75 Å². The van der Waals surface area contributed by atoms with E-state index < -0.39 is 5.97 Å². The second-order valence-corrected chi connectivity index (χ2v) is 7.81. The highest BCUT2D eigenvalue weighted by molar-refractivity contribution is 6.09. The van der Waals surface area contributed by atoms with E-state index in [1.54, 1.807) is 20.1 Å². The van der Waals surface area contributed by atoms with Gasteiger partial charge in [-0.25, -0.2) is 4.79 Å². The summed E-state index contributed by atoms with van der Waals surface area (Å²) in [4.78, 5) is 27.9. The zero-order chi connectivity index (χ0) is 21.8. The van der Waals surface area contributed by atoms with Crippen LogP contribution in [-0.4, -0.2) is 43.6 Å². The van der Waals surface area contributed by atoms with Gasteiger partial charge in [-0.15, -0.1) is 0 Å². The van der Waals surface area contributed by atoms with E-state index in [9.17, 15) is 9.59 Å². The van der Waals surface area contributed by atoms with Crippen LogP contribution in [0.2, 0.25) is 0 Å². The lowest BCUT2D eigenvalue weighted by atomic mass is 9.89. The molecule has 160 valence electrons. The fourth-order valence-corrected chi connectivity index (χ4v) is 4.28. The van der Waals surface area contributed by atoms with Crippen LogP contribution in [0.15, 0.2) is 60.7 Å². The van der Waals surface area contributed by atoms with Crippen LogP contribution in [0.1, 0.15) is 52.0 Å². The SMILES string of the molecule is CCOC(=O)c1cc2ccccc2cc1C(=O)N1CCC(c2cccc(OC)c2)CC1. The third-order valence-electron chi connectivity index (χ3n) is 5.96. The second-order valence-electron chi connectivity index (χ2n) is 7.81. The van der Waals surface area contributed by atoms with Gasteiger partial charge in [-0.2, -0.15) is 0 Å². The second kappa shape index (κ2) is 9.21. The average Bonchev–Trinajstić information content (AvgIpc) is 2.83. The van der Waals surface area contributed by atoms with Gasteiger partial charge in [0.2, 0.25) is 0 Å². The lowest BCUT2D eigenvalue weighted by Crippen LogP contribution is -2.38. The van der Waals surface area contributed by atoms with E-state index in [2.05, 4.69) is 12.1 Å². The molecule has 0 aromatic heterocycles. The van der Waals surface area contributed by atoms with E-state index in [4.69, 9.17) is 9.47 Å². The molecule has 3 aromatic rings. The minimum Gasteiger partial charge on any atom is -0.497 e. The van der Waals surface area contributed by atoms with Crippen molar-refractivity contribution in [3.05, 3.63) is 77.4 Å². The number of esters is 1. The number of hydrogen-bond donors (Lipinski definition) is 0. The molecule has 1 heterocycles. The molecule has 1 aliphatic rings. The summed E-state index contributed by atoms with van der Waals surface area (Å²) in [5.41, 5.74) is 1.99. The minimum absolute atomic E-state index is 0.113. The molecule has 0 bridgehead atoms. The number of fused-ring (bicyclic) bond motifs is 1. The number of carbonyl (C=O) groups is 2. The van der Waals surface area contributed by atoms with Crippen LogP contribution in [0, 0.1) is 0 Å². The van der Waals surface area contributed by atoms with Gasteiger partial charge in [0, 0.05) is 13.1 Å². The number of methoxy groups -OCH3 is 1. The molecule has 0 unspecified atom stereocenters. The Hall–Kier alpha value is -3.34. The Morgan fingerprint density at radius 3 is 2.26 bits per heavy atom. The summed E-state index contributed by atoms with van der Waals surface area (Å²) in [7, 11) is 1.67. The van der Waals surface area contributed by atoms with E-state index in [1.807, 2.05) is 47.4 Å². The topological polar surface area (TPSA) is 55.8 Å². The van der Waals surface area contributed by atoms with E-state index in [0.717, 1.165) is 29.4 Å². The van der Waals surface area contributed by atoms with Crippen molar-refractivity contribution in [2.45, 2.75) is 25.7 Å². The van der Waals surface area contributed by atoms with Gasteiger partial charge in [0.05, 0.1) is 24.8 Å². The molecule has 1 aliphatic heterocycles. The van der Waals surface area contributed by atoms with Gasteiger partial charge in [0.15, 0.2) is 0 Å². The molecule has 0 radical (unpaired) electrons. The fraction of sp³-hybridized carbons (Fsp3) is 0.308. The average molecular weight is 418 g/mol. The molecule has 5 nitrogen and oxygen atoms in total. The summed E-state index contributed by atoms with van der Waals surface area (Å²) < 4.78 is 10.6. The van der Waals surface area contributed by atoms with E-state index >= 15 is 0 Å². The fourth-order valence-electron chi connectivity index (χ4n) is 4.28. The van der Waals surface area contributed by atoms with E-state index in [1.165, 1.54) is 5.56 Å². The lowest BCUT2D eigenvalue weighted by Gasteiger charge is -2.32. The summed E-state index contributed by atoms with van der Waals surface area (Å²) in [5, 5.41) is 1.85. The zero-order valence-electron chi connectivity index (χ0n) is 18.0. The monoisotopic (exact) mass is 417 g/mol. The highest BCUT2D eigenvalue weighted by atomic mass is 16.5.